The zero-order valence-electron chi connectivity index (χ0n) is 21.5. The molecule has 0 aliphatic heterocycles. The molecule has 2 amide bonds. The van der Waals surface area contributed by atoms with Crippen molar-refractivity contribution in [2.24, 2.45) is 0 Å². The maximum absolute atomic E-state index is 14.4. The van der Waals surface area contributed by atoms with Gasteiger partial charge in [0.15, 0.2) is 11.7 Å². The van der Waals surface area contributed by atoms with E-state index in [4.69, 9.17) is 9.47 Å². The molecule has 3 aromatic heterocycles. The largest absolute Gasteiger partial charge is 0.494 e. The van der Waals surface area contributed by atoms with E-state index in [2.05, 4.69) is 15.0 Å². The first-order chi connectivity index (χ1) is 19.0. The number of carbonyl (C=O) groups excluding carboxylic acids is 1. The molecule has 41 heavy (non-hydrogen) atoms. The molecule has 9 nitrogen and oxygen atoms in total. The number of amides is 2. The first-order valence-electron chi connectivity index (χ1n) is 11.7. The van der Waals surface area contributed by atoms with E-state index >= 15 is 0 Å². The predicted molar refractivity (Wildman–Crippen MR) is 124 cm³/mol. The minimum Gasteiger partial charge on any atom is -0.494 e. The Labute approximate surface area is 226 Å². The van der Waals surface area contributed by atoms with Crippen LogP contribution in [-0.4, -0.2) is 75.6 Å². The van der Waals surface area contributed by atoms with E-state index < -0.39 is 61.7 Å². The summed E-state index contributed by atoms with van der Waals surface area (Å²) >= 11 is 0. The van der Waals surface area contributed by atoms with Crippen LogP contribution in [0.2, 0.25) is 0 Å². The van der Waals surface area contributed by atoms with Gasteiger partial charge in [0.1, 0.15) is 11.8 Å². The molecule has 0 saturated heterocycles. The van der Waals surface area contributed by atoms with Gasteiger partial charge < -0.3 is 24.1 Å². The third kappa shape index (κ3) is 7.40. The van der Waals surface area contributed by atoms with Gasteiger partial charge in [0.2, 0.25) is 0 Å². The summed E-state index contributed by atoms with van der Waals surface area (Å²) in [5.41, 5.74) is -0.548. The SMILES string of the molecule is CCN(C(=O)NC(CCC(F)(F)F)C(F)(F)F)[C@@H](c1cc(-c2cn3ccnc3c(OC)n2)c(OC)cn1)C(F)(F)F. The number of ether oxygens (including phenoxy) is 2. The molecule has 0 saturated carbocycles. The van der Waals surface area contributed by atoms with Gasteiger partial charge in [-0.25, -0.2) is 14.8 Å². The van der Waals surface area contributed by atoms with E-state index in [1.54, 1.807) is 0 Å². The number of nitrogens with one attached hydrogen (secondary N) is 1. The second kappa shape index (κ2) is 11.9. The summed E-state index contributed by atoms with van der Waals surface area (Å²) < 4.78 is 133. The van der Waals surface area contributed by atoms with Crippen LogP contribution in [0.15, 0.2) is 30.9 Å². The molecular formula is C23H23F9N6O3. The molecule has 18 heteroatoms. The number of urea groups is 1. The van der Waals surface area contributed by atoms with Crippen LogP contribution >= 0.6 is 0 Å². The first kappa shape index (κ1) is 31.5. The molecule has 1 N–H and O–H groups in total. The Balaban J connectivity index is 2.06. The number of fused-ring (bicyclic) bond motifs is 1. The Morgan fingerprint density at radius 2 is 1.73 bits per heavy atom. The van der Waals surface area contributed by atoms with Crippen LogP contribution in [0.25, 0.3) is 16.9 Å². The Hall–Kier alpha value is -3.99. The molecule has 0 aromatic carbocycles. The minimum atomic E-state index is -5.36. The van der Waals surface area contributed by atoms with E-state index in [1.165, 1.54) is 42.5 Å². The molecule has 0 fully saturated rings. The summed E-state index contributed by atoms with van der Waals surface area (Å²) in [6.07, 6.45) is -13.9. The van der Waals surface area contributed by atoms with Crippen molar-refractivity contribution in [3.8, 4) is 22.9 Å². The van der Waals surface area contributed by atoms with E-state index in [0.717, 1.165) is 19.2 Å². The summed E-state index contributed by atoms with van der Waals surface area (Å²) in [5.74, 6) is -0.0348. The third-order valence-corrected chi connectivity index (χ3v) is 5.83. The number of carbonyl (C=O) groups is 1. The lowest BCUT2D eigenvalue weighted by Crippen LogP contribution is -2.53. The molecule has 0 bridgehead atoms. The number of alkyl halides is 9. The van der Waals surface area contributed by atoms with E-state index in [9.17, 15) is 44.3 Å². The van der Waals surface area contributed by atoms with Gasteiger partial charge >= 0.3 is 24.6 Å². The van der Waals surface area contributed by atoms with Crippen molar-refractivity contribution in [2.45, 2.75) is 50.4 Å². The third-order valence-electron chi connectivity index (χ3n) is 5.83. The topological polar surface area (TPSA) is 93.9 Å². The van der Waals surface area contributed by atoms with Gasteiger partial charge in [0.05, 0.1) is 31.8 Å². The Morgan fingerprint density at radius 1 is 1.05 bits per heavy atom. The molecule has 3 heterocycles. The Kier molecular flexibility index (Phi) is 9.12. The highest BCUT2D eigenvalue weighted by molar-refractivity contribution is 5.76. The van der Waals surface area contributed by atoms with Gasteiger partial charge in [-0.15, -0.1) is 0 Å². The summed E-state index contributed by atoms with van der Waals surface area (Å²) in [6.45, 7) is 0.274. The lowest BCUT2D eigenvalue weighted by atomic mass is 10.1. The number of imidazole rings is 1. The number of rotatable bonds is 9. The van der Waals surface area contributed by atoms with Crippen molar-refractivity contribution >= 4 is 11.7 Å². The highest BCUT2D eigenvalue weighted by Crippen LogP contribution is 2.40. The molecule has 2 atom stereocenters. The fourth-order valence-corrected chi connectivity index (χ4v) is 3.95. The van der Waals surface area contributed by atoms with Crippen molar-refractivity contribution in [2.75, 3.05) is 20.8 Å². The van der Waals surface area contributed by atoms with E-state index in [-0.39, 0.29) is 33.4 Å². The standard InChI is InChI=1S/C23H23F9N6O3/c1-4-38(20(39)36-16(22(27,28)29)5-6-21(24,25)26)17(23(30,31)32)13-9-12(15(40-2)10-34-13)14-11-37-8-7-33-18(37)19(35-14)41-3/h7-11,16-17H,4-6H2,1-3H3,(H,36,39)/t16?,17-/m0/s1. The smallest absolute Gasteiger partial charge is 0.414 e. The molecule has 3 aromatic rings. The minimum absolute atomic E-state index is 0.00199. The summed E-state index contributed by atoms with van der Waals surface area (Å²) in [5, 5.41) is 1.27. The quantitative estimate of drug-likeness (QED) is 0.315. The maximum atomic E-state index is 14.4. The number of aromatic nitrogens is 4. The molecule has 0 spiro atoms. The van der Waals surface area contributed by atoms with Crippen LogP contribution in [0, 0.1) is 0 Å². The molecular weight excluding hydrogens is 579 g/mol. The monoisotopic (exact) mass is 602 g/mol. The van der Waals surface area contributed by atoms with Gasteiger partial charge in [-0.3, -0.25) is 4.98 Å². The number of pyridine rings is 1. The van der Waals surface area contributed by atoms with Crippen LogP contribution in [-0.2, 0) is 0 Å². The predicted octanol–water partition coefficient (Wildman–Crippen LogP) is 5.72. The lowest BCUT2D eigenvalue weighted by molar-refractivity contribution is -0.182. The molecule has 1 unspecified atom stereocenters. The van der Waals surface area contributed by atoms with E-state index in [0.29, 0.717) is 0 Å². The van der Waals surface area contributed by atoms with Crippen molar-refractivity contribution in [1.29, 1.82) is 0 Å². The highest BCUT2D eigenvalue weighted by atomic mass is 19.4. The van der Waals surface area contributed by atoms with Gasteiger partial charge in [-0.1, -0.05) is 0 Å². The molecule has 3 rings (SSSR count). The van der Waals surface area contributed by atoms with Gasteiger partial charge in [0, 0.05) is 37.1 Å². The van der Waals surface area contributed by atoms with Gasteiger partial charge in [-0.2, -0.15) is 39.5 Å². The summed E-state index contributed by atoms with van der Waals surface area (Å²) in [7, 11) is 2.49. The summed E-state index contributed by atoms with van der Waals surface area (Å²) in [4.78, 5) is 24.8. The average molecular weight is 602 g/mol. The van der Waals surface area contributed by atoms with E-state index in [1.807, 2.05) is 0 Å². The molecule has 0 aliphatic rings. The zero-order valence-corrected chi connectivity index (χ0v) is 21.5. The first-order valence-corrected chi connectivity index (χ1v) is 11.7. The maximum Gasteiger partial charge on any atom is 0.414 e. The lowest BCUT2D eigenvalue weighted by Gasteiger charge is -2.34. The summed E-state index contributed by atoms with van der Waals surface area (Å²) in [6, 6.07) is -6.95. The Morgan fingerprint density at radius 3 is 2.27 bits per heavy atom. The second-order valence-electron chi connectivity index (χ2n) is 8.53. The zero-order chi connectivity index (χ0) is 30.8. The van der Waals surface area contributed by atoms with Crippen molar-refractivity contribution in [3.05, 3.63) is 36.5 Å². The van der Waals surface area contributed by atoms with Gasteiger partial charge in [-0.05, 0) is 19.4 Å². The molecule has 0 aliphatic carbocycles. The van der Waals surface area contributed by atoms with Crippen LogP contribution < -0.4 is 14.8 Å². The van der Waals surface area contributed by atoms with Crippen LogP contribution in [0.1, 0.15) is 31.5 Å². The molecule has 226 valence electrons. The second-order valence-corrected chi connectivity index (χ2v) is 8.53. The van der Waals surface area contributed by atoms with Crippen LogP contribution in [0.5, 0.6) is 11.6 Å². The average Bonchev–Trinajstić information content (AvgIpc) is 3.35. The van der Waals surface area contributed by atoms with Crippen molar-refractivity contribution in [1.82, 2.24) is 29.6 Å². The number of hydrogen-bond donors (Lipinski definition) is 1. The molecule has 0 radical (unpaired) electrons. The number of hydrogen-bond acceptors (Lipinski definition) is 6. The van der Waals surface area contributed by atoms with Crippen molar-refractivity contribution in [3.63, 3.8) is 0 Å². The number of nitrogens with zero attached hydrogens (tertiary/aromatic N) is 5. The normalized spacial score (nSPS) is 14.0. The fourth-order valence-electron chi connectivity index (χ4n) is 3.95. The van der Waals surface area contributed by atoms with Crippen molar-refractivity contribution < 1.29 is 53.8 Å². The highest BCUT2D eigenvalue weighted by Gasteiger charge is 2.49. The van der Waals surface area contributed by atoms with Gasteiger partial charge in [0.25, 0.3) is 5.88 Å². The van der Waals surface area contributed by atoms with Crippen LogP contribution in [0.4, 0.5) is 44.3 Å². The number of halogens is 9. The van der Waals surface area contributed by atoms with Crippen LogP contribution in [0.3, 0.4) is 0 Å². The fraction of sp³-hybridized carbons (Fsp3) is 0.478. The number of methoxy groups -OCH3 is 2. The Bertz CT molecular complexity index is 1360.